The SMILES string of the molecule is COc1ccc(CN(C)c2cc(Cl)nc3c2ncn3C(=O)CC[C@H](C)COCc2cc(N)c(=O)n(C3CCOCC3)c2)cc1. The first-order chi connectivity index (χ1) is 21.2. The van der Waals surface area contributed by atoms with E-state index in [9.17, 15) is 9.59 Å². The number of hydrogen-bond donors (Lipinski definition) is 1. The molecular formula is C32H39ClN6O5. The molecule has 0 radical (unpaired) electrons. The van der Waals surface area contributed by atoms with Gasteiger partial charge >= 0.3 is 0 Å². The standard InChI is InChI=1S/C32H39ClN6O5/c1-21(18-44-19-23-14-26(34)32(41)38(17-23)24-10-12-43-13-11-24)4-9-29(40)39-20-35-30-27(15-28(33)36-31(30)39)37(2)16-22-5-7-25(42-3)8-6-22/h5-8,14-15,17,20-21,24H,4,9-13,16,18-19,34H2,1-3H3/t21-/m0/s1. The molecule has 0 spiro atoms. The number of nitrogen functional groups attached to an aromatic ring is 1. The zero-order valence-corrected chi connectivity index (χ0v) is 26.1. The van der Waals surface area contributed by atoms with Crippen molar-refractivity contribution in [2.45, 2.75) is 51.8 Å². The van der Waals surface area contributed by atoms with Crippen molar-refractivity contribution >= 4 is 40.0 Å². The van der Waals surface area contributed by atoms with Crippen LogP contribution in [0.3, 0.4) is 0 Å². The fourth-order valence-electron chi connectivity index (χ4n) is 5.46. The molecule has 3 aromatic heterocycles. The van der Waals surface area contributed by atoms with E-state index >= 15 is 0 Å². The van der Waals surface area contributed by atoms with Gasteiger partial charge in [0.1, 0.15) is 22.7 Å². The number of methoxy groups -OCH3 is 1. The van der Waals surface area contributed by atoms with E-state index in [2.05, 4.69) is 9.97 Å². The molecule has 0 aliphatic carbocycles. The number of carbonyl (C=O) groups excluding carboxylic acids is 1. The average Bonchev–Trinajstić information content (AvgIpc) is 3.45. The van der Waals surface area contributed by atoms with Gasteiger partial charge in [0.2, 0.25) is 5.91 Å². The van der Waals surface area contributed by atoms with Crippen molar-refractivity contribution in [3.63, 3.8) is 0 Å². The molecule has 4 heterocycles. The van der Waals surface area contributed by atoms with Crippen LogP contribution < -0.4 is 20.9 Å². The zero-order valence-electron chi connectivity index (χ0n) is 25.4. The second kappa shape index (κ2) is 14.2. The minimum atomic E-state index is -0.175. The zero-order chi connectivity index (χ0) is 31.2. The number of ether oxygens (including phenoxy) is 3. The molecule has 4 aromatic rings. The number of imidazole rings is 1. The Hall–Kier alpha value is -3.93. The molecule has 1 aromatic carbocycles. The van der Waals surface area contributed by atoms with E-state index in [1.807, 2.05) is 49.3 Å². The van der Waals surface area contributed by atoms with Gasteiger partial charge in [0.05, 0.1) is 25.1 Å². The molecular weight excluding hydrogens is 584 g/mol. The van der Waals surface area contributed by atoms with E-state index in [0.29, 0.717) is 57.0 Å². The summed E-state index contributed by atoms with van der Waals surface area (Å²) in [5.74, 6) is 0.799. The Morgan fingerprint density at radius 1 is 1.20 bits per heavy atom. The third kappa shape index (κ3) is 7.40. The number of pyridine rings is 2. The predicted molar refractivity (Wildman–Crippen MR) is 171 cm³/mol. The molecule has 1 aliphatic heterocycles. The van der Waals surface area contributed by atoms with Crippen LogP contribution in [0.4, 0.5) is 11.4 Å². The van der Waals surface area contributed by atoms with Crippen molar-refractivity contribution in [3.8, 4) is 5.75 Å². The number of rotatable bonds is 12. The minimum Gasteiger partial charge on any atom is -0.497 e. The molecule has 44 heavy (non-hydrogen) atoms. The first kappa shape index (κ1) is 31.5. The van der Waals surface area contributed by atoms with Crippen LogP contribution in [-0.2, 0) is 22.6 Å². The Kier molecular flexibility index (Phi) is 10.2. The second-order valence-corrected chi connectivity index (χ2v) is 11.8. The number of aromatic nitrogens is 4. The number of carbonyl (C=O) groups is 1. The lowest BCUT2D eigenvalue weighted by Crippen LogP contribution is -2.30. The van der Waals surface area contributed by atoms with E-state index in [1.54, 1.807) is 23.8 Å². The summed E-state index contributed by atoms with van der Waals surface area (Å²) in [6.07, 6.45) is 5.83. The highest BCUT2D eigenvalue weighted by molar-refractivity contribution is 6.30. The molecule has 12 heteroatoms. The van der Waals surface area contributed by atoms with Crippen molar-refractivity contribution in [3.05, 3.63) is 75.6 Å². The van der Waals surface area contributed by atoms with Crippen molar-refractivity contribution in [1.29, 1.82) is 0 Å². The van der Waals surface area contributed by atoms with E-state index in [4.69, 9.17) is 31.5 Å². The summed E-state index contributed by atoms with van der Waals surface area (Å²) in [7, 11) is 3.59. The van der Waals surface area contributed by atoms with E-state index < -0.39 is 0 Å². The topological polar surface area (TPSA) is 127 Å². The van der Waals surface area contributed by atoms with Gasteiger partial charge in [0.25, 0.3) is 5.56 Å². The van der Waals surface area contributed by atoms with E-state index in [0.717, 1.165) is 35.4 Å². The Labute approximate surface area is 261 Å². The van der Waals surface area contributed by atoms with Crippen LogP contribution in [0.1, 0.15) is 54.6 Å². The lowest BCUT2D eigenvalue weighted by Gasteiger charge is -2.25. The highest BCUT2D eigenvalue weighted by Crippen LogP contribution is 2.29. The van der Waals surface area contributed by atoms with Gasteiger partial charge < -0.3 is 29.4 Å². The molecule has 0 amide bonds. The summed E-state index contributed by atoms with van der Waals surface area (Å²) in [5, 5.41) is 0.286. The maximum absolute atomic E-state index is 13.2. The minimum absolute atomic E-state index is 0.0806. The van der Waals surface area contributed by atoms with Crippen LogP contribution in [0.15, 0.2) is 53.7 Å². The van der Waals surface area contributed by atoms with Crippen molar-refractivity contribution in [2.24, 2.45) is 5.92 Å². The predicted octanol–water partition coefficient (Wildman–Crippen LogP) is 5.10. The highest BCUT2D eigenvalue weighted by Gasteiger charge is 2.20. The Bertz CT molecular complexity index is 1650. The molecule has 0 bridgehead atoms. The second-order valence-electron chi connectivity index (χ2n) is 11.4. The number of fused-ring (bicyclic) bond motifs is 1. The van der Waals surface area contributed by atoms with Gasteiger partial charge in [-0.25, -0.2) is 9.97 Å². The number of benzene rings is 1. The van der Waals surface area contributed by atoms with Crippen LogP contribution in [-0.4, -0.2) is 59.0 Å². The molecule has 1 saturated heterocycles. The van der Waals surface area contributed by atoms with Crippen molar-refractivity contribution in [2.75, 3.05) is 44.6 Å². The van der Waals surface area contributed by atoms with E-state index in [1.165, 1.54) is 10.9 Å². The molecule has 2 N–H and O–H groups in total. The highest BCUT2D eigenvalue weighted by atomic mass is 35.5. The van der Waals surface area contributed by atoms with Crippen molar-refractivity contribution < 1.29 is 19.0 Å². The van der Waals surface area contributed by atoms with Crippen LogP contribution in [0.25, 0.3) is 11.2 Å². The summed E-state index contributed by atoms with van der Waals surface area (Å²) in [6, 6.07) is 11.4. The third-order valence-corrected chi connectivity index (χ3v) is 8.14. The van der Waals surface area contributed by atoms with Crippen molar-refractivity contribution in [1.82, 2.24) is 19.1 Å². The largest absolute Gasteiger partial charge is 0.497 e. The number of nitrogens with two attached hydrogens (primary N) is 1. The summed E-state index contributed by atoms with van der Waals surface area (Å²) in [6.45, 7) is 4.70. The number of halogens is 1. The Balaban J connectivity index is 1.17. The smallest absolute Gasteiger partial charge is 0.273 e. The van der Waals surface area contributed by atoms with Gasteiger partial charge in [-0.3, -0.25) is 14.2 Å². The average molecular weight is 623 g/mol. The van der Waals surface area contributed by atoms with Crippen LogP contribution >= 0.6 is 11.6 Å². The lowest BCUT2D eigenvalue weighted by atomic mass is 10.1. The first-order valence-corrected chi connectivity index (χ1v) is 15.2. The van der Waals surface area contributed by atoms with Gasteiger partial charge in [-0.1, -0.05) is 30.7 Å². The maximum Gasteiger partial charge on any atom is 0.273 e. The molecule has 0 saturated carbocycles. The van der Waals surface area contributed by atoms with Crippen LogP contribution in [0.2, 0.25) is 5.15 Å². The summed E-state index contributed by atoms with van der Waals surface area (Å²) in [5.41, 5.74) is 9.82. The molecule has 5 rings (SSSR count). The normalized spacial score (nSPS) is 14.5. The molecule has 1 fully saturated rings. The van der Waals surface area contributed by atoms with Gasteiger partial charge in [-0.2, -0.15) is 0 Å². The maximum atomic E-state index is 13.2. The molecule has 11 nitrogen and oxygen atoms in total. The quantitative estimate of drug-likeness (QED) is 0.215. The molecule has 234 valence electrons. The first-order valence-electron chi connectivity index (χ1n) is 14.8. The van der Waals surface area contributed by atoms with Gasteiger partial charge in [0, 0.05) is 58.1 Å². The van der Waals surface area contributed by atoms with Crippen LogP contribution in [0.5, 0.6) is 5.75 Å². The van der Waals surface area contributed by atoms with Gasteiger partial charge in [-0.15, -0.1) is 0 Å². The number of anilines is 2. The molecule has 1 aliphatic rings. The third-order valence-electron chi connectivity index (χ3n) is 7.95. The number of nitrogens with zero attached hydrogens (tertiary/aromatic N) is 5. The summed E-state index contributed by atoms with van der Waals surface area (Å²) < 4.78 is 19.8. The van der Waals surface area contributed by atoms with E-state index in [-0.39, 0.29) is 34.3 Å². The lowest BCUT2D eigenvalue weighted by molar-refractivity contribution is 0.0677. The van der Waals surface area contributed by atoms with Gasteiger partial charge in [-0.05, 0) is 54.5 Å². The fraction of sp³-hybridized carbons (Fsp3) is 0.438. The molecule has 1 atom stereocenters. The Morgan fingerprint density at radius 3 is 2.68 bits per heavy atom. The summed E-state index contributed by atoms with van der Waals surface area (Å²) in [4.78, 5) is 36.8. The fourth-order valence-corrected chi connectivity index (χ4v) is 5.64. The molecule has 0 unspecified atom stereocenters. The number of hydrogen-bond acceptors (Lipinski definition) is 9. The Morgan fingerprint density at radius 2 is 1.95 bits per heavy atom. The van der Waals surface area contributed by atoms with Crippen LogP contribution in [0, 0.1) is 5.92 Å². The monoisotopic (exact) mass is 622 g/mol. The summed E-state index contributed by atoms with van der Waals surface area (Å²) >= 11 is 6.40. The van der Waals surface area contributed by atoms with Gasteiger partial charge in [0.15, 0.2) is 5.65 Å².